The SMILES string of the molecule is CC(C)(C)OC(=O)N1CCCCC1CCc1ccc(N2C=C(O)NS2(=O)=O)c(O)c1. The molecule has 0 saturated carbocycles. The van der Waals surface area contributed by atoms with Gasteiger partial charge in [0.15, 0.2) is 0 Å². The van der Waals surface area contributed by atoms with Crippen LogP contribution in [-0.2, 0) is 21.4 Å². The average Bonchev–Trinajstić information content (AvgIpc) is 2.91. The van der Waals surface area contributed by atoms with Gasteiger partial charge in [0, 0.05) is 12.6 Å². The topological polar surface area (TPSA) is 119 Å². The smallest absolute Gasteiger partial charge is 0.410 e. The Morgan fingerprint density at radius 3 is 2.60 bits per heavy atom. The highest BCUT2D eigenvalue weighted by Crippen LogP contribution is 2.33. The standard InChI is InChI=1S/C20H29N3O6S/c1-20(2,3)29-19(26)22-11-5-4-6-15(22)9-7-14-8-10-16(17(24)12-14)23-13-18(25)21-30(23,27)28/h8,10,12-13,15,21,24-25H,4-7,9,11H2,1-3H3. The monoisotopic (exact) mass is 439 g/mol. The minimum absolute atomic E-state index is 0.0448. The number of aliphatic hydroxyl groups is 1. The van der Waals surface area contributed by atoms with Crippen molar-refractivity contribution in [2.24, 2.45) is 0 Å². The van der Waals surface area contributed by atoms with Gasteiger partial charge in [-0.05, 0) is 70.6 Å². The Kier molecular flexibility index (Phi) is 6.07. The van der Waals surface area contributed by atoms with Crippen LogP contribution >= 0.6 is 0 Å². The summed E-state index contributed by atoms with van der Waals surface area (Å²) in [6.45, 7) is 6.21. The third-order valence-electron chi connectivity index (χ3n) is 5.03. The van der Waals surface area contributed by atoms with Crippen LogP contribution in [0.1, 0.15) is 52.0 Å². The third-order valence-corrected chi connectivity index (χ3v) is 6.32. The van der Waals surface area contributed by atoms with E-state index < -0.39 is 21.7 Å². The molecule has 3 N–H and O–H groups in total. The number of nitrogens with zero attached hydrogens (tertiary/aromatic N) is 2. The number of anilines is 1. The molecule has 1 amide bonds. The lowest BCUT2D eigenvalue weighted by molar-refractivity contribution is 0.00890. The van der Waals surface area contributed by atoms with Gasteiger partial charge in [0.25, 0.3) is 0 Å². The number of ether oxygens (including phenoxy) is 1. The van der Waals surface area contributed by atoms with E-state index in [1.165, 1.54) is 12.1 Å². The van der Waals surface area contributed by atoms with Crippen molar-refractivity contribution in [2.75, 3.05) is 10.8 Å². The summed E-state index contributed by atoms with van der Waals surface area (Å²) in [7, 11) is -3.96. The minimum atomic E-state index is -3.96. The van der Waals surface area contributed by atoms with E-state index in [2.05, 4.69) is 0 Å². The Hall–Kier alpha value is -2.62. The first kappa shape index (κ1) is 22.1. The zero-order valence-corrected chi connectivity index (χ0v) is 18.3. The van der Waals surface area contributed by atoms with E-state index in [1.807, 2.05) is 25.5 Å². The maximum absolute atomic E-state index is 12.5. The van der Waals surface area contributed by atoms with Crippen LogP contribution < -0.4 is 9.03 Å². The molecule has 10 heteroatoms. The van der Waals surface area contributed by atoms with Crippen molar-refractivity contribution in [3.63, 3.8) is 0 Å². The van der Waals surface area contributed by atoms with Crippen LogP contribution in [0.15, 0.2) is 30.3 Å². The molecule has 0 radical (unpaired) electrons. The van der Waals surface area contributed by atoms with Crippen molar-refractivity contribution in [1.29, 1.82) is 0 Å². The van der Waals surface area contributed by atoms with Crippen molar-refractivity contribution in [1.82, 2.24) is 9.62 Å². The van der Waals surface area contributed by atoms with E-state index >= 15 is 0 Å². The number of hydrogen-bond donors (Lipinski definition) is 3. The molecule has 3 rings (SSSR count). The number of piperidine rings is 1. The number of nitrogens with one attached hydrogen (secondary N) is 1. The second kappa shape index (κ2) is 8.25. The normalized spacial score (nSPS) is 21.2. The number of carbonyl (C=O) groups is 1. The van der Waals surface area contributed by atoms with E-state index in [0.717, 1.165) is 35.3 Å². The van der Waals surface area contributed by atoms with Gasteiger partial charge in [0.1, 0.15) is 17.0 Å². The second-order valence-electron chi connectivity index (χ2n) is 8.60. The minimum Gasteiger partial charge on any atom is -0.506 e. The quantitative estimate of drug-likeness (QED) is 0.663. The first-order valence-electron chi connectivity index (χ1n) is 10.0. The van der Waals surface area contributed by atoms with Crippen molar-refractivity contribution in [3.05, 3.63) is 35.8 Å². The predicted octanol–water partition coefficient (Wildman–Crippen LogP) is 3.13. The molecular formula is C20H29N3O6S. The number of phenols is 1. The molecule has 0 spiro atoms. The van der Waals surface area contributed by atoms with Crippen LogP contribution in [0, 0.1) is 0 Å². The number of benzene rings is 1. The molecular weight excluding hydrogens is 410 g/mol. The zero-order chi connectivity index (χ0) is 22.1. The van der Waals surface area contributed by atoms with Gasteiger partial charge in [0.05, 0.1) is 6.20 Å². The van der Waals surface area contributed by atoms with E-state index in [4.69, 9.17) is 4.74 Å². The van der Waals surface area contributed by atoms with Crippen molar-refractivity contribution >= 4 is 22.0 Å². The van der Waals surface area contributed by atoms with Gasteiger partial charge in [-0.3, -0.25) is 0 Å². The number of aliphatic hydroxyl groups excluding tert-OH is 1. The van der Waals surface area contributed by atoms with Gasteiger partial charge >= 0.3 is 16.3 Å². The van der Waals surface area contributed by atoms with Gasteiger partial charge < -0.3 is 19.8 Å². The summed E-state index contributed by atoms with van der Waals surface area (Å²) in [6.07, 6.45) is 4.90. The van der Waals surface area contributed by atoms with E-state index in [1.54, 1.807) is 11.0 Å². The number of amides is 1. The second-order valence-corrected chi connectivity index (χ2v) is 10.1. The van der Waals surface area contributed by atoms with Crippen LogP contribution in [0.2, 0.25) is 0 Å². The summed E-state index contributed by atoms with van der Waals surface area (Å²) in [6, 6.07) is 4.78. The van der Waals surface area contributed by atoms with Crippen LogP contribution in [0.4, 0.5) is 10.5 Å². The number of rotatable bonds is 4. The highest BCUT2D eigenvalue weighted by atomic mass is 32.2. The molecule has 1 fully saturated rings. The lowest BCUT2D eigenvalue weighted by atomic mass is 9.96. The Morgan fingerprint density at radius 1 is 1.27 bits per heavy atom. The average molecular weight is 440 g/mol. The molecule has 1 atom stereocenters. The predicted molar refractivity (Wildman–Crippen MR) is 112 cm³/mol. The van der Waals surface area contributed by atoms with Crippen LogP contribution in [-0.4, -0.2) is 47.8 Å². The molecule has 30 heavy (non-hydrogen) atoms. The molecule has 2 aliphatic heterocycles. The molecule has 0 bridgehead atoms. The van der Waals surface area contributed by atoms with Gasteiger partial charge in [0.2, 0.25) is 5.88 Å². The summed E-state index contributed by atoms with van der Waals surface area (Å²) in [5.74, 6) is -0.727. The molecule has 9 nitrogen and oxygen atoms in total. The van der Waals surface area contributed by atoms with Crippen molar-refractivity contribution in [3.8, 4) is 5.75 Å². The number of aryl methyl sites for hydroxylation is 1. The van der Waals surface area contributed by atoms with Gasteiger partial charge in [-0.15, -0.1) is 0 Å². The van der Waals surface area contributed by atoms with Gasteiger partial charge in [-0.25, -0.2) is 13.8 Å². The zero-order valence-electron chi connectivity index (χ0n) is 17.5. The lowest BCUT2D eigenvalue weighted by Gasteiger charge is -2.37. The lowest BCUT2D eigenvalue weighted by Crippen LogP contribution is -2.46. The fourth-order valence-corrected chi connectivity index (χ4v) is 4.76. The highest BCUT2D eigenvalue weighted by molar-refractivity contribution is 7.91. The van der Waals surface area contributed by atoms with Crippen LogP contribution in [0.5, 0.6) is 5.75 Å². The molecule has 1 aromatic rings. The fraction of sp³-hybridized carbons (Fsp3) is 0.550. The number of carbonyl (C=O) groups excluding carboxylic acids is 1. The van der Waals surface area contributed by atoms with E-state index in [0.29, 0.717) is 19.4 Å². The van der Waals surface area contributed by atoms with Gasteiger partial charge in [-0.2, -0.15) is 8.42 Å². The number of hydrogen-bond acceptors (Lipinski definition) is 6. The molecule has 1 aromatic carbocycles. The molecule has 0 aromatic heterocycles. The largest absolute Gasteiger partial charge is 0.506 e. The van der Waals surface area contributed by atoms with Gasteiger partial charge in [-0.1, -0.05) is 6.07 Å². The third kappa shape index (κ3) is 5.10. The maximum atomic E-state index is 12.5. The molecule has 0 aliphatic carbocycles. The first-order valence-corrected chi connectivity index (χ1v) is 11.4. The summed E-state index contributed by atoms with van der Waals surface area (Å²) in [5, 5.41) is 19.8. The molecule has 1 unspecified atom stereocenters. The molecule has 1 saturated heterocycles. The molecule has 2 heterocycles. The van der Waals surface area contributed by atoms with Crippen molar-refractivity contribution in [2.45, 2.75) is 64.5 Å². The Bertz CT molecular complexity index is 938. The number of likely N-dealkylation sites (tertiary alicyclic amines) is 1. The first-order chi connectivity index (χ1) is 14.0. The maximum Gasteiger partial charge on any atom is 0.410 e. The molecule has 166 valence electrons. The number of aromatic hydroxyl groups is 1. The number of phenolic OH excluding ortho intramolecular Hbond substituents is 1. The Morgan fingerprint density at radius 2 is 2.00 bits per heavy atom. The highest BCUT2D eigenvalue weighted by Gasteiger charge is 2.32. The summed E-state index contributed by atoms with van der Waals surface area (Å²) in [5.41, 5.74) is 0.320. The summed E-state index contributed by atoms with van der Waals surface area (Å²) >= 11 is 0. The van der Waals surface area contributed by atoms with Crippen LogP contribution in [0.3, 0.4) is 0 Å². The Labute approximate surface area is 177 Å². The van der Waals surface area contributed by atoms with Crippen molar-refractivity contribution < 1.29 is 28.2 Å². The molecule has 2 aliphatic rings. The summed E-state index contributed by atoms with van der Waals surface area (Å²) < 4.78 is 32.2. The Balaban J connectivity index is 1.68. The van der Waals surface area contributed by atoms with E-state index in [-0.39, 0.29) is 23.6 Å². The fourth-order valence-electron chi connectivity index (χ4n) is 3.69. The van der Waals surface area contributed by atoms with E-state index in [9.17, 15) is 23.4 Å². The van der Waals surface area contributed by atoms with Crippen LogP contribution in [0.25, 0.3) is 0 Å². The summed E-state index contributed by atoms with van der Waals surface area (Å²) in [4.78, 5) is 14.3.